The number of hydrogen-bond donors (Lipinski definition) is 0. The molecule has 1 fully saturated rings. The van der Waals surface area contributed by atoms with Crippen LogP contribution in [0, 0.1) is 11.3 Å². The number of hydrogen-bond acceptors (Lipinski definition) is 5. The van der Waals surface area contributed by atoms with Gasteiger partial charge in [0.15, 0.2) is 5.78 Å². The van der Waals surface area contributed by atoms with Gasteiger partial charge < -0.3 is 4.90 Å². The Kier molecular flexibility index (Phi) is 5.11. The summed E-state index contributed by atoms with van der Waals surface area (Å²) in [7, 11) is 0. The smallest absolute Gasteiger partial charge is 0.161 e. The lowest BCUT2D eigenvalue weighted by atomic mass is 10.0. The van der Waals surface area contributed by atoms with E-state index in [1.807, 2.05) is 18.3 Å². The van der Waals surface area contributed by atoms with Gasteiger partial charge >= 0.3 is 0 Å². The normalized spacial score (nSPS) is 16.3. The quantitative estimate of drug-likeness (QED) is 0.804. The van der Waals surface area contributed by atoms with Gasteiger partial charge in [0.05, 0.1) is 11.6 Å². The van der Waals surface area contributed by atoms with Gasteiger partial charge in [-0.15, -0.1) is 0 Å². The van der Waals surface area contributed by atoms with Gasteiger partial charge in [-0.2, -0.15) is 5.26 Å². The Hall–Kier alpha value is -2.71. The van der Waals surface area contributed by atoms with Crippen LogP contribution >= 0.6 is 0 Å². The monoisotopic (exact) mass is 334 g/mol. The minimum atomic E-state index is 0.0330. The van der Waals surface area contributed by atoms with Crippen molar-refractivity contribution in [2.24, 2.45) is 0 Å². The van der Waals surface area contributed by atoms with Crippen LogP contribution < -0.4 is 4.90 Å². The molecule has 1 atom stereocenters. The summed E-state index contributed by atoms with van der Waals surface area (Å²) in [6.07, 6.45) is 3.71. The average molecular weight is 334 g/mol. The molecule has 1 aliphatic rings. The Labute approximate surface area is 148 Å². The minimum Gasteiger partial charge on any atom is -0.368 e. The summed E-state index contributed by atoms with van der Waals surface area (Å²) in [6.45, 7) is 7.25. The number of nitriles is 1. The van der Waals surface area contributed by atoms with Gasteiger partial charge in [-0.25, -0.2) is 0 Å². The van der Waals surface area contributed by atoms with E-state index in [2.05, 4.69) is 33.8 Å². The molecule has 1 saturated heterocycles. The fourth-order valence-corrected chi connectivity index (χ4v) is 3.34. The lowest BCUT2D eigenvalue weighted by molar-refractivity contribution is 0.101. The first-order valence-corrected chi connectivity index (χ1v) is 8.54. The van der Waals surface area contributed by atoms with Crippen molar-refractivity contribution in [1.29, 1.82) is 5.26 Å². The molecule has 1 unspecified atom stereocenters. The molecular formula is C20H22N4O. The lowest BCUT2D eigenvalue weighted by Crippen LogP contribution is -2.47. The Morgan fingerprint density at radius 1 is 1.24 bits per heavy atom. The molecule has 0 bridgehead atoms. The molecule has 5 heteroatoms. The van der Waals surface area contributed by atoms with Crippen molar-refractivity contribution in [3.8, 4) is 6.07 Å². The average Bonchev–Trinajstić information content (AvgIpc) is 2.67. The summed E-state index contributed by atoms with van der Waals surface area (Å²) in [4.78, 5) is 20.8. The topological polar surface area (TPSA) is 60.2 Å². The first-order chi connectivity index (χ1) is 12.1. The summed E-state index contributed by atoms with van der Waals surface area (Å²) >= 11 is 0. The van der Waals surface area contributed by atoms with Crippen LogP contribution in [0.3, 0.4) is 0 Å². The van der Waals surface area contributed by atoms with Crippen molar-refractivity contribution in [3.63, 3.8) is 0 Å². The summed E-state index contributed by atoms with van der Waals surface area (Å²) in [5, 5.41) is 9.16. The molecule has 1 aromatic carbocycles. The third-order valence-corrected chi connectivity index (χ3v) is 4.88. The van der Waals surface area contributed by atoms with E-state index in [4.69, 9.17) is 5.26 Å². The van der Waals surface area contributed by atoms with Crippen molar-refractivity contribution in [1.82, 2.24) is 9.88 Å². The van der Waals surface area contributed by atoms with E-state index in [0.29, 0.717) is 17.2 Å². The summed E-state index contributed by atoms with van der Waals surface area (Å²) in [5.74, 6) is 0.0330. The molecule has 2 heterocycles. The van der Waals surface area contributed by atoms with Crippen molar-refractivity contribution in [3.05, 3.63) is 59.4 Å². The highest BCUT2D eigenvalue weighted by atomic mass is 16.1. The molecule has 25 heavy (non-hydrogen) atoms. The second kappa shape index (κ2) is 7.45. The van der Waals surface area contributed by atoms with Crippen LogP contribution in [0.2, 0.25) is 0 Å². The van der Waals surface area contributed by atoms with Gasteiger partial charge in [-0.3, -0.25) is 14.7 Å². The molecule has 1 aliphatic heterocycles. The number of piperazine rings is 1. The van der Waals surface area contributed by atoms with Gasteiger partial charge in [-0.1, -0.05) is 6.07 Å². The number of pyridine rings is 1. The maximum Gasteiger partial charge on any atom is 0.161 e. The molecule has 3 rings (SSSR count). The van der Waals surface area contributed by atoms with E-state index in [0.717, 1.165) is 31.9 Å². The standard InChI is InChI=1S/C20H22N4O/c1-15(18-4-3-7-22-14-18)23-8-10-24(11-9-23)20-12-17(13-21)5-6-19(20)16(2)25/h3-7,12,14-15H,8-11H2,1-2H3. The number of rotatable bonds is 4. The number of benzene rings is 1. The molecule has 0 aliphatic carbocycles. The molecule has 0 N–H and O–H groups in total. The predicted molar refractivity (Wildman–Crippen MR) is 97.6 cm³/mol. The van der Waals surface area contributed by atoms with E-state index in [-0.39, 0.29) is 5.78 Å². The van der Waals surface area contributed by atoms with E-state index < -0.39 is 0 Å². The number of carbonyl (C=O) groups excluding carboxylic acids is 1. The van der Waals surface area contributed by atoms with E-state index >= 15 is 0 Å². The number of aromatic nitrogens is 1. The molecule has 1 aromatic heterocycles. The van der Waals surface area contributed by atoms with Gasteiger partial charge in [0.25, 0.3) is 0 Å². The van der Waals surface area contributed by atoms with Crippen LogP contribution in [-0.2, 0) is 0 Å². The first-order valence-electron chi connectivity index (χ1n) is 8.54. The summed E-state index contributed by atoms with van der Waals surface area (Å²) < 4.78 is 0. The van der Waals surface area contributed by atoms with Crippen molar-refractivity contribution in [2.75, 3.05) is 31.1 Å². The molecule has 0 amide bonds. The second-order valence-corrected chi connectivity index (χ2v) is 6.39. The highest BCUT2D eigenvalue weighted by molar-refractivity contribution is 6.00. The van der Waals surface area contributed by atoms with Crippen LogP contribution in [-0.4, -0.2) is 41.8 Å². The fourth-order valence-electron chi connectivity index (χ4n) is 3.34. The van der Waals surface area contributed by atoms with Crippen LogP contribution in [0.15, 0.2) is 42.7 Å². The highest BCUT2D eigenvalue weighted by Crippen LogP contribution is 2.27. The van der Waals surface area contributed by atoms with Crippen LogP contribution in [0.4, 0.5) is 5.69 Å². The van der Waals surface area contributed by atoms with Gasteiger partial charge in [-0.05, 0) is 43.7 Å². The third-order valence-electron chi connectivity index (χ3n) is 4.88. The highest BCUT2D eigenvalue weighted by Gasteiger charge is 2.24. The van der Waals surface area contributed by atoms with Gasteiger partial charge in [0, 0.05) is 55.9 Å². The maximum absolute atomic E-state index is 11.9. The van der Waals surface area contributed by atoms with Crippen LogP contribution in [0.5, 0.6) is 0 Å². The molecule has 2 aromatic rings. The first kappa shape index (κ1) is 17.1. The van der Waals surface area contributed by atoms with Gasteiger partial charge in [0.2, 0.25) is 0 Å². The van der Waals surface area contributed by atoms with Crippen LogP contribution in [0.1, 0.15) is 41.4 Å². The Bertz CT molecular complexity index is 789. The molecular weight excluding hydrogens is 312 g/mol. The summed E-state index contributed by atoms with van der Waals surface area (Å²) in [5.41, 5.74) is 3.37. The fraction of sp³-hybridized carbons (Fsp3) is 0.350. The number of nitrogens with zero attached hydrogens (tertiary/aromatic N) is 4. The number of carbonyl (C=O) groups is 1. The zero-order chi connectivity index (χ0) is 17.8. The van der Waals surface area contributed by atoms with Crippen molar-refractivity contribution in [2.45, 2.75) is 19.9 Å². The zero-order valence-corrected chi connectivity index (χ0v) is 14.6. The van der Waals surface area contributed by atoms with Crippen LogP contribution in [0.25, 0.3) is 0 Å². The summed E-state index contributed by atoms with van der Waals surface area (Å²) in [6, 6.07) is 11.9. The largest absolute Gasteiger partial charge is 0.368 e. The van der Waals surface area contributed by atoms with E-state index in [1.54, 1.807) is 25.3 Å². The Morgan fingerprint density at radius 2 is 2.00 bits per heavy atom. The number of ketones is 1. The second-order valence-electron chi connectivity index (χ2n) is 6.39. The minimum absolute atomic E-state index is 0.0330. The Morgan fingerprint density at radius 3 is 2.60 bits per heavy atom. The lowest BCUT2D eigenvalue weighted by Gasteiger charge is -2.39. The molecule has 0 saturated carbocycles. The SMILES string of the molecule is CC(=O)c1ccc(C#N)cc1N1CCN(C(C)c2cccnc2)CC1. The molecule has 0 spiro atoms. The van der Waals surface area contributed by atoms with E-state index in [1.165, 1.54) is 5.56 Å². The van der Waals surface area contributed by atoms with Crippen molar-refractivity contribution >= 4 is 11.5 Å². The molecule has 128 valence electrons. The zero-order valence-electron chi connectivity index (χ0n) is 14.6. The third kappa shape index (κ3) is 3.70. The number of Topliss-reactive ketones (excluding diaryl/α,β-unsaturated/α-hetero) is 1. The number of anilines is 1. The predicted octanol–water partition coefficient (Wildman–Crippen LogP) is 3.04. The molecule has 0 radical (unpaired) electrons. The molecule has 5 nitrogen and oxygen atoms in total. The van der Waals surface area contributed by atoms with E-state index in [9.17, 15) is 4.79 Å². The van der Waals surface area contributed by atoms with Gasteiger partial charge in [0.1, 0.15) is 0 Å². The van der Waals surface area contributed by atoms with Crippen molar-refractivity contribution < 1.29 is 4.79 Å². The maximum atomic E-state index is 11.9. The Balaban J connectivity index is 1.74.